The molecule has 5 nitrogen and oxygen atoms in total. The molecule has 1 aliphatic carbocycles. The fourth-order valence-corrected chi connectivity index (χ4v) is 3.15. The first-order chi connectivity index (χ1) is 6.60. The van der Waals surface area contributed by atoms with Crippen LogP contribution >= 0.6 is 0 Å². The van der Waals surface area contributed by atoms with Crippen LogP contribution < -0.4 is 0 Å². The normalized spacial score (nSPS) is 60.6. The Kier molecular flexibility index (Phi) is 1.61. The van der Waals surface area contributed by atoms with Gasteiger partial charge in [0.25, 0.3) is 0 Å². The first-order valence-corrected chi connectivity index (χ1v) is 4.95. The van der Waals surface area contributed by atoms with Crippen molar-refractivity contribution in [2.75, 3.05) is 13.2 Å². The van der Waals surface area contributed by atoms with Gasteiger partial charge in [0.15, 0.2) is 5.79 Å². The third kappa shape index (κ3) is 0.827. The van der Waals surface area contributed by atoms with Crippen LogP contribution in [0, 0.1) is 5.92 Å². The molecule has 1 saturated carbocycles. The number of rotatable bonds is 1. The highest BCUT2D eigenvalue weighted by Gasteiger charge is 2.71. The fourth-order valence-electron chi connectivity index (χ4n) is 3.15. The first kappa shape index (κ1) is 9.06. The van der Waals surface area contributed by atoms with Gasteiger partial charge in [0.2, 0.25) is 0 Å². The largest absolute Gasteiger partial charge is 0.394 e. The monoisotopic (exact) mass is 202 g/mol. The minimum atomic E-state index is -1.29. The van der Waals surface area contributed by atoms with Crippen LogP contribution in [-0.2, 0) is 9.47 Å². The van der Waals surface area contributed by atoms with Gasteiger partial charge in [-0.2, -0.15) is 0 Å². The lowest BCUT2D eigenvalue weighted by Gasteiger charge is -2.24. The Morgan fingerprint density at radius 2 is 2.14 bits per heavy atom. The van der Waals surface area contributed by atoms with Gasteiger partial charge in [0, 0.05) is 6.42 Å². The number of hydrogen-bond donors (Lipinski definition) is 3. The van der Waals surface area contributed by atoms with E-state index in [4.69, 9.17) is 14.6 Å². The van der Waals surface area contributed by atoms with Crippen LogP contribution in [0.1, 0.15) is 12.8 Å². The van der Waals surface area contributed by atoms with Gasteiger partial charge in [-0.1, -0.05) is 0 Å². The van der Waals surface area contributed by atoms with E-state index in [0.717, 1.165) is 0 Å². The lowest BCUT2D eigenvalue weighted by Crippen LogP contribution is -2.47. The highest BCUT2D eigenvalue weighted by molar-refractivity contribution is 5.15. The SMILES string of the molecule is OC[C@@H]1O[C@@]2(O)CC[C@H]3OC[C@]1(O)[C@H]32. The van der Waals surface area contributed by atoms with Crippen LogP contribution in [0.2, 0.25) is 0 Å². The first-order valence-electron chi connectivity index (χ1n) is 4.95. The smallest absolute Gasteiger partial charge is 0.174 e. The van der Waals surface area contributed by atoms with Gasteiger partial charge in [0.1, 0.15) is 11.7 Å². The van der Waals surface area contributed by atoms with Crippen LogP contribution in [0.4, 0.5) is 0 Å². The maximum Gasteiger partial charge on any atom is 0.174 e. The van der Waals surface area contributed by atoms with Crippen molar-refractivity contribution in [2.45, 2.75) is 36.4 Å². The quantitative estimate of drug-likeness (QED) is 0.487. The van der Waals surface area contributed by atoms with Crippen LogP contribution in [0.15, 0.2) is 0 Å². The maximum absolute atomic E-state index is 10.3. The van der Waals surface area contributed by atoms with Crippen molar-refractivity contribution in [3.05, 3.63) is 0 Å². The lowest BCUT2D eigenvalue weighted by molar-refractivity contribution is -0.213. The van der Waals surface area contributed by atoms with E-state index in [1.807, 2.05) is 0 Å². The van der Waals surface area contributed by atoms with Crippen LogP contribution in [0.25, 0.3) is 0 Å². The van der Waals surface area contributed by atoms with Gasteiger partial charge in [-0.25, -0.2) is 0 Å². The zero-order chi connectivity index (χ0) is 9.97. The van der Waals surface area contributed by atoms with Crippen molar-refractivity contribution in [3.8, 4) is 0 Å². The third-order valence-electron chi connectivity index (χ3n) is 3.78. The van der Waals surface area contributed by atoms with Gasteiger partial charge in [-0.15, -0.1) is 0 Å². The van der Waals surface area contributed by atoms with E-state index in [9.17, 15) is 10.2 Å². The molecule has 0 radical (unpaired) electrons. The standard InChI is InChI=1S/C9H14O5/c10-3-6-8(11)4-13-5-1-2-9(12,14-6)7(5)8/h5-7,10-12H,1-4H2/t5-,6+,7+,8-,9+/m1/s1. The summed E-state index contributed by atoms with van der Waals surface area (Å²) in [6, 6.07) is 0. The highest BCUT2D eigenvalue weighted by Crippen LogP contribution is 2.56. The van der Waals surface area contributed by atoms with E-state index >= 15 is 0 Å². The van der Waals surface area contributed by atoms with Gasteiger partial charge in [0.05, 0.1) is 25.2 Å². The summed E-state index contributed by atoms with van der Waals surface area (Å²) in [4.78, 5) is 0. The molecule has 3 rings (SSSR count). The van der Waals surface area contributed by atoms with Crippen LogP contribution in [0.3, 0.4) is 0 Å². The average molecular weight is 202 g/mol. The maximum atomic E-state index is 10.3. The van der Waals surface area contributed by atoms with E-state index in [-0.39, 0.29) is 19.3 Å². The highest BCUT2D eigenvalue weighted by atomic mass is 16.7. The molecule has 5 atom stereocenters. The predicted molar refractivity (Wildman–Crippen MR) is 44.3 cm³/mol. The zero-order valence-corrected chi connectivity index (χ0v) is 7.72. The molecule has 3 N–H and O–H groups in total. The molecule has 2 saturated heterocycles. The molecule has 5 heteroatoms. The fraction of sp³-hybridized carbons (Fsp3) is 1.00. The number of hydrogen-bond acceptors (Lipinski definition) is 5. The molecule has 3 aliphatic rings. The Labute approximate surface area is 81.3 Å². The molecule has 0 unspecified atom stereocenters. The summed E-state index contributed by atoms with van der Waals surface area (Å²) in [5.74, 6) is -1.68. The van der Waals surface area contributed by atoms with E-state index < -0.39 is 23.4 Å². The molecule has 0 bridgehead atoms. The summed E-state index contributed by atoms with van der Waals surface area (Å²) >= 11 is 0. The van der Waals surface area contributed by atoms with E-state index in [1.54, 1.807) is 0 Å². The van der Waals surface area contributed by atoms with Gasteiger partial charge in [-0.05, 0) is 6.42 Å². The number of aliphatic hydroxyl groups excluding tert-OH is 1. The van der Waals surface area contributed by atoms with Gasteiger partial charge >= 0.3 is 0 Å². The second-order valence-corrected chi connectivity index (χ2v) is 4.49. The number of aliphatic hydroxyl groups is 3. The second kappa shape index (κ2) is 2.48. The molecule has 0 aromatic heterocycles. The molecular weight excluding hydrogens is 188 g/mol. The molecule has 14 heavy (non-hydrogen) atoms. The van der Waals surface area contributed by atoms with Crippen LogP contribution in [0.5, 0.6) is 0 Å². The molecule has 2 aliphatic heterocycles. The molecule has 3 fully saturated rings. The molecule has 2 heterocycles. The summed E-state index contributed by atoms with van der Waals surface area (Å²) in [7, 11) is 0. The van der Waals surface area contributed by atoms with E-state index in [1.165, 1.54) is 0 Å². The third-order valence-corrected chi connectivity index (χ3v) is 3.78. The summed E-state index contributed by atoms with van der Waals surface area (Å²) in [6.07, 6.45) is 0.340. The van der Waals surface area contributed by atoms with Crippen molar-refractivity contribution >= 4 is 0 Å². The molecular formula is C9H14O5. The van der Waals surface area contributed by atoms with E-state index in [2.05, 4.69) is 0 Å². The Balaban J connectivity index is 2.02. The second-order valence-electron chi connectivity index (χ2n) is 4.49. The molecule has 0 amide bonds. The Bertz CT molecular complexity index is 270. The zero-order valence-electron chi connectivity index (χ0n) is 7.72. The number of ether oxygens (including phenoxy) is 2. The molecule has 0 spiro atoms. The minimum absolute atomic E-state index is 0.124. The summed E-state index contributed by atoms with van der Waals surface area (Å²) in [5.41, 5.74) is -1.20. The molecule has 0 aromatic carbocycles. The van der Waals surface area contributed by atoms with Crippen molar-refractivity contribution < 1.29 is 24.8 Å². The molecule has 0 aromatic rings. The summed E-state index contributed by atoms with van der Waals surface area (Å²) in [5, 5.41) is 29.4. The summed E-state index contributed by atoms with van der Waals surface area (Å²) in [6.45, 7) is -0.138. The van der Waals surface area contributed by atoms with Crippen LogP contribution in [-0.4, -0.2) is 52.1 Å². The minimum Gasteiger partial charge on any atom is -0.394 e. The topological polar surface area (TPSA) is 79.2 Å². The summed E-state index contributed by atoms with van der Waals surface area (Å²) < 4.78 is 10.7. The van der Waals surface area contributed by atoms with Crippen molar-refractivity contribution in [1.29, 1.82) is 0 Å². The van der Waals surface area contributed by atoms with Gasteiger partial charge < -0.3 is 24.8 Å². The van der Waals surface area contributed by atoms with Crippen molar-refractivity contribution in [1.82, 2.24) is 0 Å². The Hall–Kier alpha value is -0.200. The van der Waals surface area contributed by atoms with Crippen molar-refractivity contribution in [2.24, 2.45) is 5.92 Å². The van der Waals surface area contributed by atoms with Gasteiger partial charge in [-0.3, -0.25) is 0 Å². The lowest BCUT2D eigenvalue weighted by atomic mass is 9.84. The average Bonchev–Trinajstić information content (AvgIpc) is 2.71. The predicted octanol–water partition coefficient (Wildman–Crippen LogP) is -1.39. The van der Waals surface area contributed by atoms with Crippen molar-refractivity contribution in [3.63, 3.8) is 0 Å². The Morgan fingerprint density at radius 1 is 1.36 bits per heavy atom. The molecule has 80 valence electrons. The van der Waals surface area contributed by atoms with E-state index in [0.29, 0.717) is 12.8 Å². The Morgan fingerprint density at radius 3 is 2.86 bits per heavy atom.